The lowest BCUT2D eigenvalue weighted by molar-refractivity contribution is -0.143. The molecule has 0 radical (unpaired) electrons. The molecule has 20 heavy (non-hydrogen) atoms. The van der Waals surface area contributed by atoms with Gasteiger partial charge in [0, 0.05) is 26.2 Å². The summed E-state index contributed by atoms with van der Waals surface area (Å²) in [7, 11) is 0. The molecule has 0 aromatic carbocycles. The van der Waals surface area contributed by atoms with Crippen LogP contribution in [0, 0.1) is 0 Å². The number of hydrogen-bond acceptors (Lipinski definition) is 4. The third-order valence-electron chi connectivity index (χ3n) is 3.44. The standard InChI is InChI=1S/C13H16BrN3O3/c1-9(13(19)20)16-5-7-17(8-6-16)12(18)10-3-2-4-11(14)15-10/h2-4,9H,5-8H2,1H3,(H,19,20). The van der Waals surface area contributed by atoms with Crippen molar-refractivity contribution in [2.24, 2.45) is 0 Å². The molecule has 1 aliphatic heterocycles. The van der Waals surface area contributed by atoms with Gasteiger partial charge in [0.15, 0.2) is 0 Å². The number of amides is 1. The predicted molar refractivity (Wildman–Crippen MR) is 76.5 cm³/mol. The Labute approximate surface area is 125 Å². The van der Waals surface area contributed by atoms with E-state index in [4.69, 9.17) is 5.11 Å². The number of carboxylic acid groups (broad SMARTS) is 1. The van der Waals surface area contributed by atoms with Gasteiger partial charge in [0.05, 0.1) is 0 Å². The summed E-state index contributed by atoms with van der Waals surface area (Å²) in [5.74, 6) is -0.952. The van der Waals surface area contributed by atoms with Crippen LogP contribution in [0.4, 0.5) is 0 Å². The first-order valence-corrected chi connectivity index (χ1v) is 7.17. The molecule has 1 aromatic heterocycles. The van der Waals surface area contributed by atoms with Gasteiger partial charge in [-0.1, -0.05) is 6.07 Å². The van der Waals surface area contributed by atoms with Crippen LogP contribution in [0.1, 0.15) is 17.4 Å². The van der Waals surface area contributed by atoms with Crippen molar-refractivity contribution in [2.75, 3.05) is 26.2 Å². The summed E-state index contributed by atoms with van der Waals surface area (Å²) in [5, 5.41) is 8.98. The minimum Gasteiger partial charge on any atom is -0.480 e. The summed E-state index contributed by atoms with van der Waals surface area (Å²) in [4.78, 5) is 30.9. The quantitative estimate of drug-likeness (QED) is 0.832. The van der Waals surface area contributed by atoms with Crippen LogP contribution in [0.3, 0.4) is 0 Å². The molecule has 0 spiro atoms. The van der Waals surface area contributed by atoms with E-state index in [-0.39, 0.29) is 5.91 Å². The summed E-state index contributed by atoms with van der Waals surface area (Å²) in [6.45, 7) is 3.82. The number of rotatable bonds is 3. The number of aromatic nitrogens is 1. The molecule has 2 heterocycles. The van der Waals surface area contributed by atoms with Crippen molar-refractivity contribution in [3.8, 4) is 0 Å². The van der Waals surface area contributed by atoms with Gasteiger partial charge in [-0.3, -0.25) is 14.5 Å². The average molecular weight is 342 g/mol. The fraction of sp³-hybridized carbons (Fsp3) is 0.462. The first-order valence-electron chi connectivity index (χ1n) is 6.37. The molecule has 2 rings (SSSR count). The second-order valence-electron chi connectivity index (χ2n) is 4.69. The first-order chi connectivity index (χ1) is 9.49. The summed E-state index contributed by atoms with van der Waals surface area (Å²) in [6.07, 6.45) is 0. The summed E-state index contributed by atoms with van der Waals surface area (Å²) in [5.41, 5.74) is 0.402. The molecule has 1 saturated heterocycles. The van der Waals surface area contributed by atoms with E-state index < -0.39 is 12.0 Å². The molecular formula is C13H16BrN3O3. The number of piperazine rings is 1. The number of pyridine rings is 1. The van der Waals surface area contributed by atoms with E-state index >= 15 is 0 Å². The second-order valence-corrected chi connectivity index (χ2v) is 5.50. The van der Waals surface area contributed by atoms with Crippen molar-refractivity contribution >= 4 is 27.8 Å². The number of carboxylic acids is 1. The highest BCUT2D eigenvalue weighted by atomic mass is 79.9. The molecule has 1 aromatic rings. The van der Waals surface area contributed by atoms with Crippen LogP contribution >= 0.6 is 15.9 Å². The molecule has 6 nitrogen and oxygen atoms in total. The average Bonchev–Trinajstić information content (AvgIpc) is 2.46. The highest BCUT2D eigenvalue weighted by molar-refractivity contribution is 9.10. The predicted octanol–water partition coefficient (Wildman–Crippen LogP) is 1.07. The van der Waals surface area contributed by atoms with Gasteiger partial charge in [-0.05, 0) is 35.0 Å². The molecule has 1 aliphatic rings. The van der Waals surface area contributed by atoms with E-state index in [1.165, 1.54) is 0 Å². The van der Waals surface area contributed by atoms with Gasteiger partial charge in [-0.15, -0.1) is 0 Å². The summed E-state index contributed by atoms with van der Waals surface area (Å²) >= 11 is 3.24. The number of nitrogens with zero attached hydrogens (tertiary/aromatic N) is 3. The molecule has 7 heteroatoms. The van der Waals surface area contributed by atoms with Crippen LogP contribution in [-0.4, -0.2) is 64.0 Å². The Balaban J connectivity index is 1.97. The highest BCUT2D eigenvalue weighted by Gasteiger charge is 2.27. The molecule has 1 fully saturated rings. The third kappa shape index (κ3) is 3.34. The molecule has 0 aliphatic carbocycles. The van der Waals surface area contributed by atoms with Gasteiger partial charge in [-0.25, -0.2) is 4.98 Å². The Morgan fingerprint density at radius 2 is 1.95 bits per heavy atom. The monoisotopic (exact) mass is 341 g/mol. The van der Waals surface area contributed by atoms with E-state index in [2.05, 4.69) is 20.9 Å². The van der Waals surface area contributed by atoms with Gasteiger partial charge in [-0.2, -0.15) is 0 Å². The van der Waals surface area contributed by atoms with Crippen LogP contribution in [0.25, 0.3) is 0 Å². The zero-order chi connectivity index (χ0) is 14.7. The minimum absolute atomic E-state index is 0.117. The number of halogens is 1. The lowest BCUT2D eigenvalue weighted by atomic mass is 10.2. The SMILES string of the molecule is CC(C(=O)O)N1CCN(C(=O)c2cccc(Br)n2)CC1. The molecule has 0 bridgehead atoms. The Morgan fingerprint density at radius 3 is 2.50 bits per heavy atom. The molecule has 1 N–H and O–H groups in total. The number of aliphatic carboxylic acids is 1. The highest BCUT2D eigenvalue weighted by Crippen LogP contribution is 2.12. The Kier molecular flexibility index (Phi) is 4.72. The molecule has 1 unspecified atom stereocenters. The van der Waals surface area contributed by atoms with Crippen molar-refractivity contribution in [1.82, 2.24) is 14.8 Å². The van der Waals surface area contributed by atoms with Gasteiger partial charge >= 0.3 is 5.97 Å². The molecular weight excluding hydrogens is 326 g/mol. The lowest BCUT2D eigenvalue weighted by Gasteiger charge is -2.36. The van der Waals surface area contributed by atoms with E-state index in [0.717, 1.165) is 0 Å². The van der Waals surface area contributed by atoms with Crippen LogP contribution in [0.15, 0.2) is 22.8 Å². The van der Waals surface area contributed by atoms with E-state index in [1.807, 2.05) is 4.90 Å². The van der Waals surface area contributed by atoms with Crippen molar-refractivity contribution in [3.63, 3.8) is 0 Å². The molecule has 1 amide bonds. The van der Waals surface area contributed by atoms with Gasteiger partial charge in [0.1, 0.15) is 16.3 Å². The molecule has 1 atom stereocenters. The van der Waals surface area contributed by atoms with Crippen molar-refractivity contribution in [3.05, 3.63) is 28.5 Å². The van der Waals surface area contributed by atoms with E-state index in [0.29, 0.717) is 36.5 Å². The Hall–Kier alpha value is -1.47. The largest absolute Gasteiger partial charge is 0.480 e. The zero-order valence-electron chi connectivity index (χ0n) is 11.1. The molecule has 0 saturated carbocycles. The number of carbonyl (C=O) groups excluding carboxylic acids is 1. The number of carbonyl (C=O) groups is 2. The topological polar surface area (TPSA) is 73.7 Å². The smallest absolute Gasteiger partial charge is 0.320 e. The minimum atomic E-state index is -0.835. The van der Waals surface area contributed by atoms with Crippen LogP contribution < -0.4 is 0 Å². The van der Waals surface area contributed by atoms with Crippen LogP contribution in [0.5, 0.6) is 0 Å². The normalized spacial score (nSPS) is 17.8. The number of hydrogen-bond donors (Lipinski definition) is 1. The fourth-order valence-electron chi connectivity index (χ4n) is 2.16. The first kappa shape index (κ1) is 14.9. The fourth-order valence-corrected chi connectivity index (χ4v) is 2.50. The third-order valence-corrected chi connectivity index (χ3v) is 3.88. The van der Waals surface area contributed by atoms with Crippen LogP contribution in [-0.2, 0) is 4.79 Å². The second kappa shape index (κ2) is 6.32. The van der Waals surface area contributed by atoms with Crippen molar-refractivity contribution < 1.29 is 14.7 Å². The van der Waals surface area contributed by atoms with Crippen LogP contribution in [0.2, 0.25) is 0 Å². The van der Waals surface area contributed by atoms with Crippen molar-refractivity contribution in [1.29, 1.82) is 0 Å². The maximum Gasteiger partial charge on any atom is 0.320 e. The van der Waals surface area contributed by atoms with Gasteiger partial charge in [0.2, 0.25) is 0 Å². The zero-order valence-corrected chi connectivity index (χ0v) is 12.7. The Bertz CT molecular complexity index is 515. The van der Waals surface area contributed by atoms with E-state index in [1.54, 1.807) is 30.0 Å². The summed E-state index contributed by atoms with van der Waals surface area (Å²) in [6, 6.07) is 4.70. The van der Waals surface area contributed by atoms with Gasteiger partial charge in [0.25, 0.3) is 5.91 Å². The maximum atomic E-state index is 12.3. The maximum absolute atomic E-state index is 12.3. The lowest BCUT2D eigenvalue weighted by Crippen LogP contribution is -2.53. The summed E-state index contributed by atoms with van der Waals surface area (Å²) < 4.78 is 0.626. The van der Waals surface area contributed by atoms with Gasteiger partial charge < -0.3 is 10.0 Å². The Morgan fingerprint density at radius 1 is 1.30 bits per heavy atom. The molecule has 108 valence electrons. The van der Waals surface area contributed by atoms with E-state index in [9.17, 15) is 9.59 Å². The van der Waals surface area contributed by atoms with Crippen molar-refractivity contribution in [2.45, 2.75) is 13.0 Å².